The van der Waals surface area contributed by atoms with Crippen molar-refractivity contribution in [1.82, 2.24) is 10.2 Å². The van der Waals surface area contributed by atoms with E-state index in [0.717, 1.165) is 37.4 Å². The normalized spacial score (nSPS) is 19.2. The maximum atomic E-state index is 12.6. The fraction of sp³-hybridized carbons (Fsp3) is 0.375. The Morgan fingerprint density at radius 1 is 0.955 bits per heavy atom. The Morgan fingerprint density at radius 2 is 1.73 bits per heavy atom. The minimum atomic E-state index is -4.45. The molecule has 0 N–H and O–H groups in total. The molecule has 1 atom stereocenters. The summed E-state index contributed by atoms with van der Waals surface area (Å²) in [4.78, 5) is 2.05. The fourth-order valence-electron chi connectivity index (χ4n) is 2.86. The molecule has 6 heteroatoms. The van der Waals surface area contributed by atoms with Crippen molar-refractivity contribution in [3.8, 4) is 0 Å². The minimum absolute atomic E-state index is 0.140. The molecular weight excluding hydrogens is 291 g/mol. The zero-order chi connectivity index (χ0) is 15.6. The Kier molecular flexibility index (Phi) is 4.00. The Hall–Kier alpha value is -2.11. The van der Waals surface area contributed by atoms with Gasteiger partial charge in [0.2, 0.25) is 0 Å². The van der Waals surface area contributed by atoms with Crippen LogP contribution in [0.2, 0.25) is 0 Å². The smallest absolute Gasteiger partial charge is 0.348 e. The molecule has 1 aromatic heterocycles. The van der Waals surface area contributed by atoms with E-state index in [4.69, 9.17) is 0 Å². The molecular formula is C16H16F3N3. The number of halogens is 3. The van der Waals surface area contributed by atoms with Gasteiger partial charge in [-0.2, -0.15) is 13.2 Å². The molecule has 0 bridgehead atoms. The Balaban J connectivity index is 1.88. The van der Waals surface area contributed by atoms with Crippen molar-refractivity contribution in [3.63, 3.8) is 0 Å². The van der Waals surface area contributed by atoms with E-state index in [1.165, 1.54) is 6.07 Å². The lowest BCUT2D eigenvalue weighted by atomic mass is 9.95. The average Bonchev–Trinajstić information content (AvgIpc) is 2.55. The number of alkyl halides is 3. The van der Waals surface area contributed by atoms with Crippen LogP contribution in [0, 0.1) is 0 Å². The van der Waals surface area contributed by atoms with Crippen molar-refractivity contribution in [2.75, 3.05) is 11.4 Å². The average molecular weight is 307 g/mol. The number of nitrogens with zero attached hydrogens (tertiary/aromatic N) is 3. The van der Waals surface area contributed by atoms with Crippen LogP contribution in [0.3, 0.4) is 0 Å². The molecule has 1 aromatic carbocycles. The van der Waals surface area contributed by atoms with Crippen molar-refractivity contribution >= 4 is 5.82 Å². The van der Waals surface area contributed by atoms with Gasteiger partial charge in [0.05, 0.1) is 6.04 Å². The van der Waals surface area contributed by atoms with E-state index < -0.39 is 11.9 Å². The second-order valence-corrected chi connectivity index (χ2v) is 5.39. The molecule has 1 fully saturated rings. The summed E-state index contributed by atoms with van der Waals surface area (Å²) < 4.78 is 37.8. The summed E-state index contributed by atoms with van der Waals surface area (Å²) in [6.07, 6.45) is -1.38. The Bertz CT molecular complexity index is 611. The molecule has 1 aliphatic rings. The zero-order valence-corrected chi connectivity index (χ0v) is 11.9. The van der Waals surface area contributed by atoms with Gasteiger partial charge in [-0.25, -0.2) is 0 Å². The van der Waals surface area contributed by atoms with Gasteiger partial charge in [-0.1, -0.05) is 30.3 Å². The van der Waals surface area contributed by atoms with Crippen molar-refractivity contribution in [2.45, 2.75) is 31.5 Å². The summed E-state index contributed by atoms with van der Waals surface area (Å²) in [6.45, 7) is 0.777. The third kappa shape index (κ3) is 3.05. The molecule has 1 aliphatic heterocycles. The van der Waals surface area contributed by atoms with Gasteiger partial charge in [-0.15, -0.1) is 10.2 Å². The van der Waals surface area contributed by atoms with Gasteiger partial charge in [0, 0.05) is 6.54 Å². The van der Waals surface area contributed by atoms with Crippen LogP contribution >= 0.6 is 0 Å². The summed E-state index contributed by atoms with van der Waals surface area (Å²) in [5.74, 6) is 0.501. The summed E-state index contributed by atoms with van der Waals surface area (Å²) in [7, 11) is 0. The van der Waals surface area contributed by atoms with Gasteiger partial charge in [0.15, 0.2) is 11.5 Å². The minimum Gasteiger partial charge on any atom is -0.348 e. The molecule has 2 aromatic rings. The SMILES string of the molecule is FC(F)(F)c1ccc(N2CCCCC2c2ccccc2)nn1. The largest absolute Gasteiger partial charge is 0.435 e. The number of anilines is 1. The maximum Gasteiger partial charge on any atom is 0.435 e. The predicted octanol–water partition coefficient (Wildman–Crippen LogP) is 4.23. The maximum absolute atomic E-state index is 12.6. The lowest BCUT2D eigenvalue weighted by Crippen LogP contribution is -2.34. The third-order valence-electron chi connectivity index (χ3n) is 3.92. The topological polar surface area (TPSA) is 29.0 Å². The van der Waals surface area contributed by atoms with Gasteiger partial charge in [0.25, 0.3) is 0 Å². The van der Waals surface area contributed by atoms with E-state index in [-0.39, 0.29) is 6.04 Å². The number of rotatable bonds is 2. The first-order chi connectivity index (χ1) is 10.6. The summed E-state index contributed by atoms with van der Waals surface area (Å²) >= 11 is 0. The quantitative estimate of drug-likeness (QED) is 0.831. The standard InChI is InChI=1S/C16H16F3N3/c17-16(18,19)14-9-10-15(21-20-14)22-11-5-4-8-13(22)12-6-2-1-3-7-12/h1-3,6-7,9-10,13H,4-5,8,11H2. The highest BCUT2D eigenvalue weighted by atomic mass is 19.4. The van der Waals surface area contributed by atoms with Gasteiger partial charge in [0.1, 0.15) is 0 Å². The van der Waals surface area contributed by atoms with Crippen LogP contribution in [0.25, 0.3) is 0 Å². The second kappa shape index (κ2) is 5.94. The number of hydrogen-bond donors (Lipinski definition) is 0. The Labute approximate surface area is 126 Å². The van der Waals surface area contributed by atoms with E-state index in [1.54, 1.807) is 0 Å². The van der Waals surface area contributed by atoms with Gasteiger partial charge in [-0.05, 0) is 37.0 Å². The van der Waals surface area contributed by atoms with Crippen molar-refractivity contribution < 1.29 is 13.2 Å². The molecule has 0 amide bonds. The van der Waals surface area contributed by atoms with E-state index >= 15 is 0 Å². The van der Waals surface area contributed by atoms with Crippen LogP contribution in [0.4, 0.5) is 19.0 Å². The van der Waals surface area contributed by atoms with Crippen molar-refractivity contribution in [2.24, 2.45) is 0 Å². The van der Waals surface area contributed by atoms with E-state index in [9.17, 15) is 13.2 Å². The molecule has 1 saturated heterocycles. The van der Waals surface area contributed by atoms with E-state index in [0.29, 0.717) is 5.82 Å². The fourth-order valence-corrected chi connectivity index (χ4v) is 2.86. The first kappa shape index (κ1) is 14.8. The first-order valence-corrected chi connectivity index (χ1v) is 7.28. The van der Waals surface area contributed by atoms with Gasteiger partial charge >= 0.3 is 6.18 Å². The monoisotopic (exact) mass is 307 g/mol. The van der Waals surface area contributed by atoms with Crippen LogP contribution in [0.5, 0.6) is 0 Å². The summed E-state index contributed by atoms with van der Waals surface area (Å²) in [6, 6.07) is 12.5. The molecule has 3 rings (SSSR count). The molecule has 1 unspecified atom stereocenters. The van der Waals surface area contributed by atoms with E-state index in [2.05, 4.69) is 10.2 Å². The summed E-state index contributed by atoms with van der Waals surface area (Å²) in [5, 5.41) is 7.14. The number of aromatic nitrogens is 2. The molecule has 0 radical (unpaired) electrons. The van der Waals surface area contributed by atoms with Crippen LogP contribution < -0.4 is 4.90 Å². The van der Waals surface area contributed by atoms with Crippen LogP contribution in [0.15, 0.2) is 42.5 Å². The highest BCUT2D eigenvalue weighted by Gasteiger charge is 2.33. The molecule has 2 heterocycles. The van der Waals surface area contributed by atoms with E-state index in [1.807, 2.05) is 35.2 Å². The molecule has 116 valence electrons. The zero-order valence-electron chi connectivity index (χ0n) is 11.9. The molecule has 3 nitrogen and oxygen atoms in total. The highest BCUT2D eigenvalue weighted by molar-refractivity contribution is 5.42. The predicted molar refractivity (Wildman–Crippen MR) is 77.4 cm³/mol. The van der Waals surface area contributed by atoms with Gasteiger partial charge in [-0.3, -0.25) is 0 Å². The molecule has 22 heavy (non-hydrogen) atoms. The molecule has 0 aliphatic carbocycles. The van der Waals surface area contributed by atoms with Crippen LogP contribution in [0.1, 0.15) is 36.6 Å². The van der Waals surface area contributed by atoms with Crippen molar-refractivity contribution in [1.29, 1.82) is 0 Å². The Morgan fingerprint density at radius 3 is 2.36 bits per heavy atom. The van der Waals surface area contributed by atoms with Crippen LogP contribution in [-0.4, -0.2) is 16.7 Å². The van der Waals surface area contributed by atoms with Crippen molar-refractivity contribution in [3.05, 3.63) is 53.7 Å². The number of hydrogen-bond acceptors (Lipinski definition) is 3. The lowest BCUT2D eigenvalue weighted by Gasteiger charge is -2.36. The molecule has 0 saturated carbocycles. The number of piperidine rings is 1. The first-order valence-electron chi connectivity index (χ1n) is 7.28. The summed E-state index contributed by atoms with van der Waals surface area (Å²) in [5.41, 5.74) is 0.202. The molecule has 0 spiro atoms. The van der Waals surface area contributed by atoms with Crippen LogP contribution in [-0.2, 0) is 6.18 Å². The van der Waals surface area contributed by atoms with Gasteiger partial charge < -0.3 is 4.90 Å². The lowest BCUT2D eigenvalue weighted by molar-refractivity contribution is -0.141. The highest BCUT2D eigenvalue weighted by Crippen LogP contribution is 2.34. The third-order valence-corrected chi connectivity index (χ3v) is 3.92. The second-order valence-electron chi connectivity index (χ2n) is 5.39. The number of benzene rings is 1.